The summed E-state index contributed by atoms with van der Waals surface area (Å²) in [5.41, 5.74) is 12.6. The Morgan fingerprint density at radius 2 is 2.27 bits per heavy atom. The lowest BCUT2D eigenvalue weighted by Gasteiger charge is -2.12. The maximum Gasteiger partial charge on any atom is 0.236 e. The quantitative estimate of drug-likeness (QED) is 0.764. The highest BCUT2D eigenvalue weighted by molar-refractivity contribution is 9.10. The van der Waals surface area contributed by atoms with Gasteiger partial charge in [-0.25, -0.2) is 0 Å². The first-order chi connectivity index (χ1) is 7.00. The summed E-state index contributed by atoms with van der Waals surface area (Å²) in [6.07, 6.45) is 0. The van der Waals surface area contributed by atoms with Crippen LogP contribution in [0, 0.1) is 6.92 Å². The molecule has 1 aromatic rings. The Morgan fingerprint density at radius 1 is 1.60 bits per heavy atom. The second-order valence-electron chi connectivity index (χ2n) is 3.35. The molecular weight excluding hydrogens is 258 g/mol. The van der Waals surface area contributed by atoms with E-state index in [1.165, 1.54) is 0 Å². The average molecular weight is 272 g/mol. The van der Waals surface area contributed by atoms with E-state index in [1.807, 2.05) is 25.1 Å². The van der Waals surface area contributed by atoms with E-state index < -0.39 is 11.9 Å². The maximum absolute atomic E-state index is 10.7. The zero-order valence-electron chi connectivity index (χ0n) is 8.46. The summed E-state index contributed by atoms with van der Waals surface area (Å²) in [6.45, 7) is 2.32. The third kappa shape index (κ3) is 3.53. The molecule has 15 heavy (non-hydrogen) atoms. The molecule has 4 nitrogen and oxygen atoms in total. The number of primary amides is 1. The fraction of sp³-hybridized carbons (Fsp3) is 0.300. The number of rotatable bonds is 4. The number of hydrogen-bond donors (Lipinski definition) is 3. The summed E-state index contributed by atoms with van der Waals surface area (Å²) in [4.78, 5) is 10.7. The van der Waals surface area contributed by atoms with Crippen LogP contribution in [0.25, 0.3) is 0 Å². The van der Waals surface area contributed by atoms with Crippen molar-refractivity contribution < 1.29 is 4.79 Å². The Bertz CT molecular complexity index is 368. The van der Waals surface area contributed by atoms with Crippen LogP contribution in [0.2, 0.25) is 0 Å². The van der Waals surface area contributed by atoms with Crippen LogP contribution in [0.3, 0.4) is 0 Å². The Morgan fingerprint density at radius 3 is 2.80 bits per heavy atom. The van der Waals surface area contributed by atoms with Gasteiger partial charge in [-0.2, -0.15) is 0 Å². The molecule has 0 radical (unpaired) electrons. The molecular formula is C10H14BrN3O. The van der Waals surface area contributed by atoms with Crippen molar-refractivity contribution in [3.05, 3.63) is 28.2 Å². The molecule has 0 fully saturated rings. The van der Waals surface area contributed by atoms with Gasteiger partial charge in [0, 0.05) is 16.7 Å². The summed E-state index contributed by atoms with van der Waals surface area (Å²) in [5.74, 6) is -0.503. The first-order valence-corrected chi connectivity index (χ1v) is 5.35. The van der Waals surface area contributed by atoms with Crippen LogP contribution in [-0.4, -0.2) is 18.5 Å². The van der Waals surface area contributed by atoms with Gasteiger partial charge in [0.15, 0.2) is 0 Å². The first kappa shape index (κ1) is 12.0. The number of amides is 1. The van der Waals surface area contributed by atoms with Crippen LogP contribution in [0.4, 0.5) is 5.69 Å². The molecule has 0 heterocycles. The zero-order valence-corrected chi connectivity index (χ0v) is 10.0. The van der Waals surface area contributed by atoms with E-state index in [0.717, 1.165) is 15.7 Å². The lowest BCUT2D eigenvalue weighted by Crippen LogP contribution is -2.41. The summed E-state index contributed by atoms with van der Waals surface area (Å²) >= 11 is 3.37. The van der Waals surface area contributed by atoms with E-state index in [9.17, 15) is 4.79 Å². The van der Waals surface area contributed by atoms with Crippen LogP contribution in [0.1, 0.15) is 5.56 Å². The normalized spacial score (nSPS) is 12.2. The van der Waals surface area contributed by atoms with Gasteiger partial charge in [0.05, 0.1) is 0 Å². The highest BCUT2D eigenvalue weighted by Gasteiger charge is 2.08. The molecule has 0 aromatic heterocycles. The fourth-order valence-electron chi connectivity index (χ4n) is 1.15. The van der Waals surface area contributed by atoms with Crippen molar-refractivity contribution in [1.82, 2.24) is 0 Å². The number of anilines is 1. The standard InChI is InChI=1S/C10H14BrN3O/c1-6-4-7(11)2-3-9(6)14-5-8(12)10(13)15/h2-4,8,14H,5,12H2,1H3,(H2,13,15). The Kier molecular flexibility index (Phi) is 4.11. The molecule has 1 atom stereocenters. The van der Waals surface area contributed by atoms with E-state index in [0.29, 0.717) is 6.54 Å². The fourth-order valence-corrected chi connectivity index (χ4v) is 1.62. The molecule has 5 heteroatoms. The third-order valence-corrected chi connectivity index (χ3v) is 2.56. The van der Waals surface area contributed by atoms with Gasteiger partial charge >= 0.3 is 0 Å². The number of aryl methyl sites for hydroxylation is 1. The van der Waals surface area contributed by atoms with E-state index >= 15 is 0 Å². The zero-order chi connectivity index (χ0) is 11.4. The molecule has 0 saturated heterocycles. The molecule has 1 aromatic carbocycles. The van der Waals surface area contributed by atoms with Gasteiger partial charge in [-0.05, 0) is 30.7 Å². The van der Waals surface area contributed by atoms with Crippen molar-refractivity contribution in [3.8, 4) is 0 Å². The van der Waals surface area contributed by atoms with Crippen molar-refractivity contribution in [3.63, 3.8) is 0 Å². The van der Waals surface area contributed by atoms with Crippen LogP contribution in [0.15, 0.2) is 22.7 Å². The number of nitrogens with one attached hydrogen (secondary N) is 1. The van der Waals surface area contributed by atoms with Crippen molar-refractivity contribution in [1.29, 1.82) is 0 Å². The van der Waals surface area contributed by atoms with Crippen molar-refractivity contribution in [2.45, 2.75) is 13.0 Å². The van der Waals surface area contributed by atoms with E-state index in [4.69, 9.17) is 11.5 Å². The molecule has 1 amide bonds. The molecule has 0 spiro atoms. The van der Waals surface area contributed by atoms with Gasteiger partial charge in [-0.1, -0.05) is 15.9 Å². The van der Waals surface area contributed by atoms with Gasteiger partial charge in [0.1, 0.15) is 6.04 Å². The van der Waals surface area contributed by atoms with Crippen LogP contribution in [0.5, 0.6) is 0 Å². The number of benzene rings is 1. The topological polar surface area (TPSA) is 81.1 Å². The second-order valence-corrected chi connectivity index (χ2v) is 4.26. The number of halogens is 1. The van der Waals surface area contributed by atoms with Crippen LogP contribution >= 0.6 is 15.9 Å². The van der Waals surface area contributed by atoms with E-state index in [2.05, 4.69) is 21.2 Å². The van der Waals surface area contributed by atoms with Crippen molar-refractivity contribution in [2.24, 2.45) is 11.5 Å². The molecule has 0 aliphatic carbocycles. The molecule has 0 aliphatic rings. The highest BCUT2D eigenvalue weighted by Crippen LogP contribution is 2.19. The summed E-state index contributed by atoms with van der Waals surface area (Å²) in [6, 6.07) is 5.17. The summed E-state index contributed by atoms with van der Waals surface area (Å²) < 4.78 is 1.02. The van der Waals surface area contributed by atoms with Gasteiger partial charge < -0.3 is 16.8 Å². The predicted molar refractivity (Wildman–Crippen MR) is 64.5 cm³/mol. The van der Waals surface area contributed by atoms with Gasteiger partial charge in [0.2, 0.25) is 5.91 Å². The maximum atomic E-state index is 10.7. The highest BCUT2D eigenvalue weighted by atomic mass is 79.9. The molecule has 82 valence electrons. The minimum Gasteiger partial charge on any atom is -0.383 e. The Balaban J connectivity index is 2.62. The summed E-state index contributed by atoms with van der Waals surface area (Å²) in [7, 11) is 0. The van der Waals surface area contributed by atoms with E-state index in [-0.39, 0.29) is 0 Å². The van der Waals surface area contributed by atoms with Gasteiger partial charge in [-0.3, -0.25) is 4.79 Å². The SMILES string of the molecule is Cc1cc(Br)ccc1NCC(N)C(N)=O. The first-order valence-electron chi connectivity index (χ1n) is 4.55. The molecule has 1 unspecified atom stereocenters. The minimum absolute atomic E-state index is 0.345. The molecule has 0 bridgehead atoms. The lowest BCUT2D eigenvalue weighted by atomic mass is 10.2. The third-order valence-electron chi connectivity index (χ3n) is 2.07. The van der Waals surface area contributed by atoms with Crippen LogP contribution < -0.4 is 16.8 Å². The largest absolute Gasteiger partial charge is 0.383 e. The molecule has 0 saturated carbocycles. The molecule has 0 aliphatic heterocycles. The molecule has 5 N–H and O–H groups in total. The summed E-state index contributed by atoms with van der Waals surface area (Å²) in [5, 5.41) is 3.07. The lowest BCUT2D eigenvalue weighted by molar-refractivity contribution is -0.118. The number of carbonyl (C=O) groups excluding carboxylic acids is 1. The second kappa shape index (κ2) is 5.14. The number of carbonyl (C=O) groups is 1. The monoisotopic (exact) mass is 271 g/mol. The Hall–Kier alpha value is -1.07. The van der Waals surface area contributed by atoms with Gasteiger partial charge in [-0.15, -0.1) is 0 Å². The van der Waals surface area contributed by atoms with Gasteiger partial charge in [0.25, 0.3) is 0 Å². The van der Waals surface area contributed by atoms with Crippen molar-refractivity contribution >= 4 is 27.5 Å². The van der Waals surface area contributed by atoms with E-state index in [1.54, 1.807) is 0 Å². The predicted octanol–water partition coefficient (Wildman–Crippen LogP) is 0.982. The Labute approximate surface area is 97.1 Å². The van der Waals surface area contributed by atoms with Crippen LogP contribution in [-0.2, 0) is 4.79 Å². The number of nitrogens with two attached hydrogens (primary N) is 2. The minimum atomic E-state index is -0.659. The number of hydrogen-bond acceptors (Lipinski definition) is 3. The average Bonchev–Trinajstić information content (AvgIpc) is 2.15. The smallest absolute Gasteiger partial charge is 0.236 e. The van der Waals surface area contributed by atoms with Crippen molar-refractivity contribution in [2.75, 3.05) is 11.9 Å². The molecule has 1 rings (SSSR count).